The van der Waals surface area contributed by atoms with Gasteiger partial charge in [0.25, 0.3) is 5.56 Å². The molecule has 134 valence electrons. The monoisotopic (exact) mass is 354 g/mol. The molecular weight excluding hydrogens is 337 g/mol. The van der Waals surface area contributed by atoms with Gasteiger partial charge in [-0.25, -0.2) is 4.68 Å². The lowest BCUT2D eigenvalue weighted by atomic mass is 10.2. The smallest absolute Gasteiger partial charge is 0.309 e. The van der Waals surface area contributed by atoms with Gasteiger partial charge in [0.2, 0.25) is 5.91 Å². The summed E-state index contributed by atoms with van der Waals surface area (Å²) in [5, 5.41) is 6.83. The average molecular weight is 354 g/mol. The highest BCUT2D eigenvalue weighted by atomic mass is 19.4. The first kappa shape index (κ1) is 17.2. The first-order valence-electron chi connectivity index (χ1n) is 7.95. The number of halogens is 3. The molecule has 2 aromatic rings. The third kappa shape index (κ3) is 3.92. The van der Waals surface area contributed by atoms with E-state index in [1.807, 2.05) is 0 Å². The molecular formula is C16H17F3N4O2. The van der Waals surface area contributed by atoms with E-state index < -0.39 is 29.8 Å². The van der Waals surface area contributed by atoms with Gasteiger partial charge in [-0.3, -0.25) is 9.59 Å². The van der Waals surface area contributed by atoms with Crippen LogP contribution in [0, 0.1) is 0 Å². The lowest BCUT2D eigenvalue weighted by Gasteiger charge is -2.15. The van der Waals surface area contributed by atoms with Gasteiger partial charge in [-0.15, -0.1) is 0 Å². The zero-order valence-electron chi connectivity index (χ0n) is 13.3. The van der Waals surface area contributed by atoms with Crippen LogP contribution in [0.1, 0.15) is 37.3 Å². The molecule has 1 amide bonds. The summed E-state index contributed by atoms with van der Waals surface area (Å²) in [5.74, 6) is -0.0990. The molecule has 2 heterocycles. The second-order valence-corrected chi connectivity index (χ2v) is 6.03. The van der Waals surface area contributed by atoms with Gasteiger partial charge in [-0.1, -0.05) is 12.8 Å². The predicted molar refractivity (Wildman–Crippen MR) is 84.1 cm³/mol. The Morgan fingerprint density at radius 1 is 1.24 bits per heavy atom. The Balaban J connectivity index is 1.73. The predicted octanol–water partition coefficient (Wildman–Crippen LogP) is 2.82. The largest absolute Gasteiger partial charge is 0.417 e. The summed E-state index contributed by atoms with van der Waals surface area (Å²) in [6, 6.07) is 3.34. The average Bonchev–Trinajstić information content (AvgIpc) is 3.19. The standard InChI is InChI=1S/C16H17F3N4O2/c17-16(18,19)11-5-6-15(25)22(9-11)10-14(24)21-13-7-8-20-23(13)12-3-1-2-4-12/h5-9,12H,1-4,10H2,(H,21,24). The second kappa shape index (κ2) is 6.73. The minimum absolute atomic E-state index is 0.210. The van der Waals surface area contributed by atoms with E-state index in [2.05, 4.69) is 10.4 Å². The fraction of sp³-hybridized carbons (Fsp3) is 0.438. The third-order valence-corrected chi connectivity index (χ3v) is 4.23. The van der Waals surface area contributed by atoms with Crippen molar-refractivity contribution in [2.75, 3.05) is 5.32 Å². The highest BCUT2D eigenvalue weighted by Gasteiger charge is 2.31. The van der Waals surface area contributed by atoms with Crippen molar-refractivity contribution in [3.63, 3.8) is 0 Å². The van der Waals surface area contributed by atoms with Gasteiger partial charge in [0.05, 0.1) is 17.8 Å². The van der Waals surface area contributed by atoms with Gasteiger partial charge in [0.1, 0.15) is 12.4 Å². The fourth-order valence-electron chi connectivity index (χ4n) is 3.01. The molecule has 2 aromatic heterocycles. The van der Waals surface area contributed by atoms with Gasteiger partial charge < -0.3 is 9.88 Å². The van der Waals surface area contributed by atoms with Crippen LogP contribution in [-0.4, -0.2) is 20.3 Å². The molecule has 0 unspecified atom stereocenters. The highest BCUT2D eigenvalue weighted by Crippen LogP contribution is 2.31. The zero-order chi connectivity index (χ0) is 18.0. The number of nitrogens with zero attached hydrogens (tertiary/aromatic N) is 3. The SMILES string of the molecule is O=C(Cn1cc(C(F)(F)F)ccc1=O)Nc1ccnn1C1CCCC1. The number of carbonyl (C=O) groups excluding carboxylic acids is 1. The Bertz CT molecular complexity index is 819. The minimum atomic E-state index is -4.58. The number of amides is 1. The lowest BCUT2D eigenvalue weighted by molar-refractivity contribution is -0.138. The van der Waals surface area contributed by atoms with E-state index in [-0.39, 0.29) is 6.04 Å². The molecule has 0 spiro atoms. The van der Waals surface area contributed by atoms with Gasteiger partial charge in [0.15, 0.2) is 0 Å². The molecule has 0 bridgehead atoms. The number of hydrogen-bond acceptors (Lipinski definition) is 3. The summed E-state index contributed by atoms with van der Waals surface area (Å²) < 4.78 is 40.7. The van der Waals surface area contributed by atoms with Crippen LogP contribution in [-0.2, 0) is 17.5 Å². The van der Waals surface area contributed by atoms with Crippen LogP contribution >= 0.6 is 0 Å². The van der Waals surface area contributed by atoms with Crippen molar-refractivity contribution in [3.8, 4) is 0 Å². The van der Waals surface area contributed by atoms with Crippen LogP contribution in [0.15, 0.2) is 35.4 Å². The van der Waals surface area contributed by atoms with E-state index in [4.69, 9.17) is 0 Å². The van der Waals surface area contributed by atoms with Crippen molar-refractivity contribution in [3.05, 3.63) is 46.5 Å². The molecule has 0 atom stereocenters. The van der Waals surface area contributed by atoms with E-state index in [0.29, 0.717) is 18.1 Å². The third-order valence-electron chi connectivity index (χ3n) is 4.23. The van der Waals surface area contributed by atoms with Crippen LogP contribution in [0.25, 0.3) is 0 Å². The first-order chi connectivity index (χ1) is 11.8. The van der Waals surface area contributed by atoms with Gasteiger partial charge in [0, 0.05) is 18.3 Å². The first-order valence-corrected chi connectivity index (χ1v) is 7.95. The Morgan fingerprint density at radius 3 is 2.64 bits per heavy atom. The number of hydrogen-bond donors (Lipinski definition) is 1. The van der Waals surface area contributed by atoms with Crippen LogP contribution in [0.4, 0.5) is 19.0 Å². The Morgan fingerprint density at radius 2 is 1.96 bits per heavy atom. The molecule has 0 aliphatic heterocycles. The van der Waals surface area contributed by atoms with E-state index in [9.17, 15) is 22.8 Å². The Labute approximate surface area is 141 Å². The number of carbonyl (C=O) groups is 1. The van der Waals surface area contributed by atoms with E-state index in [1.54, 1.807) is 16.9 Å². The van der Waals surface area contributed by atoms with Crippen molar-refractivity contribution in [2.45, 2.75) is 44.4 Å². The number of rotatable bonds is 4. The molecule has 9 heteroatoms. The Kier molecular flexibility index (Phi) is 4.65. The summed E-state index contributed by atoms with van der Waals surface area (Å²) >= 11 is 0. The van der Waals surface area contributed by atoms with Crippen LogP contribution in [0.3, 0.4) is 0 Å². The van der Waals surface area contributed by atoms with Crippen LogP contribution in [0.2, 0.25) is 0 Å². The maximum Gasteiger partial charge on any atom is 0.417 e. The van der Waals surface area contributed by atoms with Crippen molar-refractivity contribution < 1.29 is 18.0 Å². The number of anilines is 1. The van der Waals surface area contributed by atoms with Gasteiger partial charge in [-0.2, -0.15) is 18.3 Å². The zero-order valence-corrected chi connectivity index (χ0v) is 13.3. The number of pyridine rings is 1. The van der Waals surface area contributed by atoms with Crippen molar-refractivity contribution in [1.29, 1.82) is 0 Å². The molecule has 0 aromatic carbocycles. The molecule has 1 aliphatic rings. The lowest BCUT2D eigenvalue weighted by Crippen LogP contribution is -2.29. The van der Waals surface area contributed by atoms with E-state index in [0.717, 1.165) is 36.3 Å². The maximum atomic E-state index is 12.7. The molecule has 6 nitrogen and oxygen atoms in total. The quantitative estimate of drug-likeness (QED) is 0.918. The number of aromatic nitrogens is 3. The summed E-state index contributed by atoms with van der Waals surface area (Å²) in [6.45, 7) is -0.501. The topological polar surface area (TPSA) is 68.9 Å². The summed E-state index contributed by atoms with van der Waals surface area (Å²) in [5.41, 5.74) is -1.65. The fourth-order valence-corrected chi connectivity index (χ4v) is 3.01. The van der Waals surface area contributed by atoms with Crippen molar-refractivity contribution >= 4 is 11.7 Å². The van der Waals surface area contributed by atoms with E-state index >= 15 is 0 Å². The van der Waals surface area contributed by atoms with Crippen LogP contribution in [0.5, 0.6) is 0 Å². The summed E-state index contributed by atoms with van der Waals surface area (Å²) in [4.78, 5) is 23.9. The molecule has 25 heavy (non-hydrogen) atoms. The minimum Gasteiger partial charge on any atom is -0.309 e. The van der Waals surface area contributed by atoms with Crippen LogP contribution < -0.4 is 10.9 Å². The molecule has 1 fully saturated rings. The number of alkyl halides is 3. The van der Waals surface area contributed by atoms with E-state index in [1.165, 1.54) is 0 Å². The number of nitrogens with one attached hydrogen (secondary N) is 1. The van der Waals surface area contributed by atoms with Gasteiger partial charge in [-0.05, 0) is 18.9 Å². The van der Waals surface area contributed by atoms with Crippen molar-refractivity contribution in [2.24, 2.45) is 0 Å². The molecule has 1 saturated carbocycles. The van der Waals surface area contributed by atoms with Crippen molar-refractivity contribution in [1.82, 2.24) is 14.3 Å². The molecule has 0 saturated heterocycles. The summed E-state index contributed by atoms with van der Waals surface area (Å²) in [7, 11) is 0. The second-order valence-electron chi connectivity index (χ2n) is 6.03. The Hall–Kier alpha value is -2.58. The summed E-state index contributed by atoms with van der Waals surface area (Å²) in [6.07, 6.45) is 1.76. The maximum absolute atomic E-state index is 12.7. The molecule has 1 aliphatic carbocycles. The molecule has 1 N–H and O–H groups in total. The normalized spacial score (nSPS) is 15.5. The van der Waals surface area contributed by atoms with Gasteiger partial charge >= 0.3 is 6.18 Å². The highest BCUT2D eigenvalue weighted by molar-refractivity contribution is 5.89. The molecule has 3 rings (SSSR count). The molecule has 0 radical (unpaired) electrons.